The van der Waals surface area contributed by atoms with Crippen LogP contribution < -0.4 is 10.5 Å². The van der Waals surface area contributed by atoms with Crippen LogP contribution in [0.2, 0.25) is 0 Å². The Hall–Kier alpha value is -1.62. The first-order chi connectivity index (χ1) is 9.29. The van der Waals surface area contributed by atoms with Gasteiger partial charge in [-0.25, -0.2) is 9.97 Å². The second kappa shape index (κ2) is 5.40. The van der Waals surface area contributed by atoms with Crippen molar-refractivity contribution < 1.29 is 4.74 Å². The number of nitrogen functional groups attached to an aromatic ring is 1. The molecule has 0 aliphatic carbocycles. The minimum absolute atomic E-state index is 0.114. The largest absolute Gasteiger partial charge is 0.437 e. The molecule has 1 aromatic heterocycles. The van der Waals surface area contributed by atoms with E-state index in [4.69, 9.17) is 10.5 Å². The fraction of sp³-hybridized carbons (Fsp3) is 0.333. The Morgan fingerprint density at radius 3 is 2.50 bits per heavy atom. The van der Waals surface area contributed by atoms with Gasteiger partial charge in [0.05, 0.1) is 0 Å². The summed E-state index contributed by atoms with van der Waals surface area (Å²) >= 11 is 3.33. The maximum atomic E-state index is 5.81. The normalized spacial score (nSPS) is 11.4. The third-order valence-electron chi connectivity index (χ3n) is 3.03. The summed E-state index contributed by atoms with van der Waals surface area (Å²) < 4.78 is 6.38. The van der Waals surface area contributed by atoms with Crippen molar-refractivity contribution in [3.63, 3.8) is 0 Å². The van der Waals surface area contributed by atoms with Crippen LogP contribution in [0.1, 0.15) is 31.9 Å². The minimum Gasteiger partial charge on any atom is -0.437 e. The standard InChI is InChI=1S/C15H18BrN3O/c1-9-7-10(15(2,3)4)5-6-11(9)20-14-12(16)13(17)18-8-19-14/h5-8H,1-4H3,(H2,17,18,19). The van der Waals surface area contributed by atoms with Gasteiger partial charge in [-0.2, -0.15) is 0 Å². The van der Waals surface area contributed by atoms with E-state index < -0.39 is 0 Å². The predicted octanol–water partition coefficient (Wildman–Crippen LogP) is 4.22. The van der Waals surface area contributed by atoms with Gasteiger partial charge in [0, 0.05) is 0 Å². The smallest absolute Gasteiger partial charge is 0.238 e. The summed E-state index contributed by atoms with van der Waals surface area (Å²) in [5.74, 6) is 1.54. The molecule has 5 heteroatoms. The predicted molar refractivity (Wildman–Crippen MR) is 84.1 cm³/mol. The minimum atomic E-state index is 0.114. The molecule has 1 heterocycles. The summed E-state index contributed by atoms with van der Waals surface area (Å²) in [7, 11) is 0. The molecule has 2 rings (SSSR count). The molecule has 2 N–H and O–H groups in total. The number of ether oxygens (including phenoxy) is 1. The Morgan fingerprint density at radius 2 is 1.90 bits per heavy atom. The molecule has 0 unspecified atom stereocenters. The Kier molecular flexibility index (Phi) is 3.99. The van der Waals surface area contributed by atoms with Gasteiger partial charge in [-0.3, -0.25) is 0 Å². The van der Waals surface area contributed by atoms with Crippen molar-refractivity contribution >= 4 is 21.7 Å². The highest BCUT2D eigenvalue weighted by molar-refractivity contribution is 9.10. The number of rotatable bonds is 2. The third-order valence-corrected chi connectivity index (χ3v) is 3.78. The van der Waals surface area contributed by atoms with Crippen LogP contribution in [0.5, 0.6) is 11.6 Å². The number of benzene rings is 1. The van der Waals surface area contributed by atoms with E-state index >= 15 is 0 Å². The topological polar surface area (TPSA) is 61.0 Å². The second-order valence-electron chi connectivity index (χ2n) is 5.71. The molecular formula is C15H18BrN3O. The van der Waals surface area contributed by atoms with Crippen LogP contribution in [0.3, 0.4) is 0 Å². The number of halogens is 1. The van der Waals surface area contributed by atoms with Crippen LogP contribution in [0, 0.1) is 6.92 Å². The maximum absolute atomic E-state index is 5.81. The van der Waals surface area contributed by atoms with Crippen LogP contribution >= 0.6 is 15.9 Å². The van der Waals surface area contributed by atoms with Gasteiger partial charge in [-0.05, 0) is 45.5 Å². The zero-order valence-electron chi connectivity index (χ0n) is 12.1. The number of anilines is 1. The fourth-order valence-corrected chi connectivity index (χ4v) is 2.06. The lowest BCUT2D eigenvalue weighted by molar-refractivity contribution is 0.454. The van der Waals surface area contributed by atoms with Crippen LogP contribution in [0.15, 0.2) is 29.0 Å². The quantitative estimate of drug-likeness (QED) is 0.892. The number of hydrogen-bond acceptors (Lipinski definition) is 4. The summed E-state index contributed by atoms with van der Waals surface area (Å²) in [6, 6.07) is 6.16. The van der Waals surface area contributed by atoms with Gasteiger partial charge in [0.2, 0.25) is 5.88 Å². The summed E-state index contributed by atoms with van der Waals surface area (Å²) in [4.78, 5) is 7.98. The highest BCUT2D eigenvalue weighted by Gasteiger charge is 2.16. The maximum Gasteiger partial charge on any atom is 0.238 e. The van der Waals surface area contributed by atoms with E-state index in [0.717, 1.165) is 11.3 Å². The Bertz CT molecular complexity index is 636. The number of aryl methyl sites for hydroxylation is 1. The first-order valence-corrected chi connectivity index (χ1v) is 7.13. The van der Waals surface area contributed by atoms with Gasteiger partial charge in [-0.15, -0.1) is 0 Å². The molecule has 0 aliphatic rings. The lowest BCUT2D eigenvalue weighted by Crippen LogP contribution is -2.11. The molecule has 0 bridgehead atoms. The van der Waals surface area contributed by atoms with E-state index in [0.29, 0.717) is 16.2 Å². The molecule has 20 heavy (non-hydrogen) atoms. The van der Waals surface area contributed by atoms with E-state index in [1.807, 2.05) is 13.0 Å². The lowest BCUT2D eigenvalue weighted by atomic mass is 9.86. The van der Waals surface area contributed by atoms with E-state index in [1.54, 1.807) is 0 Å². The highest BCUT2D eigenvalue weighted by Crippen LogP contribution is 2.33. The molecule has 0 aliphatic heterocycles. The first kappa shape index (κ1) is 14.8. The van der Waals surface area contributed by atoms with E-state index in [-0.39, 0.29) is 5.41 Å². The Labute approximate surface area is 127 Å². The van der Waals surface area contributed by atoms with Gasteiger partial charge < -0.3 is 10.5 Å². The number of nitrogens with zero attached hydrogens (tertiary/aromatic N) is 2. The van der Waals surface area contributed by atoms with Crippen LogP contribution in [0.4, 0.5) is 5.82 Å². The molecule has 0 atom stereocenters. The van der Waals surface area contributed by atoms with Gasteiger partial charge in [0.15, 0.2) is 0 Å². The van der Waals surface area contributed by atoms with Crippen molar-refractivity contribution in [3.8, 4) is 11.6 Å². The molecule has 0 saturated carbocycles. The first-order valence-electron chi connectivity index (χ1n) is 6.34. The Morgan fingerprint density at radius 1 is 1.20 bits per heavy atom. The summed E-state index contributed by atoms with van der Waals surface area (Å²) in [6.07, 6.45) is 1.38. The number of hydrogen-bond donors (Lipinski definition) is 1. The van der Waals surface area contributed by atoms with Gasteiger partial charge >= 0.3 is 0 Å². The molecule has 0 saturated heterocycles. The second-order valence-corrected chi connectivity index (χ2v) is 6.50. The molecule has 0 radical (unpaired) electrons. The average Bonchev–Trinajstić information content (AvgIpc) is 2.36. The zero-order valence-corrected chi connectivity index (χ0v) is 13.7. The third kappa shape index (κ3) is 3.10. The fourth-order valence-electron chi connectivity index (χ4n) is 1.77. The van der Waals surface area contributed by atoms with E-state index in [1.165, 1.54) is 11.9 Å². The summed E-state index contributed by atoms with van der Waals surface area (Å²) in [5, 5.41) is 0. The Balaban J connectivity index is 2.33. The van der Waals surface area contributed by atoms with Crippen molar-refractivity contribution in [1.82, 2.24) is 9.97 Å². The lowest BCUT2D eigenvalue weighted by Gasteiger charge is -2.20. The zero-order chi connectivity index (χ0) is 14.9. The molecule has 1 aromatic carbocycles. The van der Waals surface area contributed by atoms with Crippen molar-refractivity contribution in [1.29, 1.82) is 0 Å². The van der Waals surface area contributed by atoms with Gasteiger partial charge in [0.1, 0.15) is 22.4 Å². The van der Waals surface area contributed by atoms with Crippen LogP contribution in [-0.2, 0) is 5.41 Å². The summed E-state index contributed by atoms with van der Waals surface area (Å²) in [5.41, 5.74) is 8.15. The van der Waals surface area contributed by atoms with Crippen molar-refractivity contribution in [2.75, 3.05) is 5.73 Å². The monoisotopic (exact) mass is 335 g/mol. The van der Waals surface area contributed by atoms with Crippen molar-refractivity contribution in [3.05, 3.63) is 40.1 Å². The van der Waals surface area contributed by atoms with Gasteiger partial charge in [0.25, 0.3) is 0 Å². The van der Waals surface area contributed by atoms with E-state index in [2.05, 4.69) is 58.8 Å². The SMILES string of the molecule is Cc1cc(C(C)(C)C)ccc1Oc1ncnc(N)c1Br. The average molecular weight is 336 g/mol. The molecule has 106 valence electrons. The number of aromatic nitrogens is 2. The molecule has 0 spiro atoms. The summed E-state index contributed by atoms with van der Waals surface area (Å²) in [6.45, 7) is 8.57. The highest BCUT2D eigenvalue weighted by atomic mass is 79.9. The van der Waals surface area contributed by atoms with E-state index in [9.17, 15) is 0 Å². The molecule has 0 amide bonds. The molecule has 4 nitrogen and oxygen atoms in total. The van der Waals surface area contributed by atoms with Crippen molar-refractivity contribution in [2.24, 2.45) is 0 Å². The van der Waals surface area contributed by atoms with Crippen molar-refractivity contribution in [2.45, 2.75) is 33.1 Å². The molecule has 2 aromatic rings. The molecule has 0 fully saturated rings. The van der Waals surface area contributed by atoms with Gasteiger partial charge in [-0.1, -0.05) is 32.9 Å². The van der Waals surface area contributed by atoms with Crippen LogP contribution in [-0.4, -0.2) is 9.97 Å². The number of nitrogens with two attached hydrogens (primary N) is 1. The van der Waals surface area contributed by atoms with Crippen LogP contribution in [0.25, 0.3) is 0 Å². The molecular weight excluding hydrogens is 318 g/mol.